The van der Waals surface area contributed by atoms with Gasteiger partial charge in [0.2, 0.25) is 0 Å². The largest absolute Gasteiger partial charge is 0.304 e. The summed E-state index contributed by atoms with van der Waals surface area (Å²) in [5, 5.41) is 7.47. The lowest BCUT2D eigenvalue weighted by molar-refractivity contribution is 0.686. The molecule has 1 aliphatic rings. The Morgan fingerprint density at radius 1 is 1.36 bits per heavy atom. The zero-order valence-corrected chi connectivity index (χ0v) is 6.65. The van der Waals surface area contributed by atoms with E-state index in [2.05, 4.69) is 0 Å². The number of benzene rings is 1. The van der Waals surface area contributed by atoms with Crippen LogP contribution in [0.1, 0.15) is 5.56 Å². The van der Waals surface area contributed by atoms with E-state index in [-0.39, 0.29) is 0 Å². The number of rotatable bonds is 0. The maximum Gasteiger partial charge on any atom is 0.0705 e. The minimum absolute atomic E-state index is 0.388. The molecule has 0 saturated heterocycles. The highest BCUT2D eigenvalue weighted by atomic mass is 32.2. The van der Waals surface area contributed by atoms with Crippen LogP contribution in [0, 0.1) is 5.41 Å². The SMILES string of the molecule is N=C1CS(=O)c2ccccc21. The molecule has 0 bridgehead atoms. The lowest BCUT2D eigenvalue weighted by atomic mass is 10.1. The van der Waals surface area contributed by atoms with Crippen LogP contribution < -0.4 is 0 Å². The Labute approximate surface area is 67.2 Å². The van der Waals surface area contributed by atoms with E-state index >= 15 is 0 Å². The lowest BCUT2D eigenvalue weighted by Crippen LogP contribution is -1.97. The molecule has 11 heavy (non-hydrogen) atoms. The molecule has 0 amide bonds. The van der Waals surface area contributed by atoms with Gasteiger partial charge in [-0.15, -0.1) is 0 Å². The standard InChI is InChI=1S/C8H7NOS/c9-7-5-11(10)8-4-2-1-3-6(7)8/h1-4,9H,5H2. The predicted octanol–water partition coefficient (Wildman–Crippen LogP) is 1.18. The molecule has 0 aliphatic carbocycles. The molecule has 1 aromatic rings. The van der Waals surface area contributed by atoms with Gasteiger partial charge in [0.1, 0.15) is 0 Å². The summed E-state index contributed by atoms with van der Waals surface area (Å²) in [6, 6.07) is 7.40. The molecule has 3 heteroatoms. The van der Waals surface area contributed by atoms with E-state index < -0.39 is 10.8 Å². The first-order chi connectivity index (χ1) is 5.29. The first-order valence-electron chi connectivity index (χ1n) is 3.34. The Kier molecular flexibility index (Phi) is 1.39. The second kappa shape index (κ2) is 2.27. The number of nitrogens with one attached hydrogen (secondary N) is 1. The highest BCUT2D eigenvalue weighted by Gasteiger charge is 2.21. The maximum atomic E-state index is 11.2. The molecular formula is C8H7NOS. The van der Waals surface area contributed by atoms with Crippen LogP contribution in [0.4, 0.5) is 0 Å². The molecule has 1 N–H and O–H groups in total. The topological polar surface area (TPSA) is 40.9 Å². The summed E-state index contributed by atoms with van der Waals surface area (Å²) in [7, 11) is -0.952. The second-order valence-corrected chi connectivity index (χ2v) is 3.88. The summed E-state index contributed by atoms with van der Waals surface area (Å²) in [6.45, 7) is 0. The van der Waals surface area contributed by atoms with Gasteiger partial charge in [0.05, 0.1) is 22.3 Å². The van der Waals surface area contributed by atoms with Gasteiger partial charge in [-0.2, -0.15) is 0 Å². The summed E-state index contributed by atoms with van der Waals surface area (Å²) >= 11 is 0. The molecule has 1 heterocycles. The third-order valence-corrected chi connectivity index (χ3v) is 3.13. The minimum Gasteiger partial charge on any atom is -0.304 e. The van der Waals surface area contributed by atoms with E-state index in [1.54, 1.807) is 0 Å². The fourth-order valence-corrected chi connectivity index (χ4v) is 2.44. The van der Waals surface area contributed by atoms with Gasteiger partial charge in [-0.05, 0) is 6.07 Å². The van der Waals surface area contributed by atoms with Crippen molar-refractivity contribution in [1.29, 1.82) is 5.41 Å². The maximum absolute atomic E-state index is 11.2. The molecule has 0 saturated carbocycles. The summed E-state index contributed by atoms with van der Waals surface area (Å²) in [5.74, 6) is 0.388. The molecule has 2 rings (SSSR count). The van der Waals surface area contributed by atoms with Crippen LogP contribution in [0.25, 0.3) is 0 Å². The molecular weight excluding hydrogens is 158 g/mol. The van der Waals surface area contributed by atoms with E-state index in [9.17, 15) is 4.21 Å². The molecule has 56 valence electrons. The average Bonchev–Trinajstić information content (AvgIpc) is 2.30. The van der Waals surface area contributed by atoms with Crippen molar-refractivity contribution >= 4 is 16.5 Å². The number of fused-ring (bicyclic) bond motifs is 1. The van der Waals surface area contributed by atoms with Crippen LogP contribution in [-0.4, -0.2) is 15.7 Å². The van der Waals surface area contributed by atoms with Crippen LogP contribution in [0.15, 0.2) is 29.2 Å². The molecule has 1 aliphatic heterocycles. The zero-order chi connectivity index (χ0) is 7.84. The minimum atomic E-state index is -0.952. The number of hydrogen-bond acceptors (Lipinski definition) is 2. The molecule has 0 radical (unpaired) electrons. The predicted molar refractivity (Wildman–Crippen MR) is 44.5 cm³/mol. The van der Waals surface area contributed by atoms with Crippen molar-refractivity contribution in [3.05, 3.63) is 29.8 Å². The van der Waals surface area contributed by atoms with Gasteiger partial charge in [0.25, 0.3) is 0 Å². The van der Waals surface area contributed by atoms with Crippen molar-refractivity contribution in [3.8, 4) is 0 Å². The quantitative estimate of drug-likeness (QED) is 0.616. The van der Waals surface area contributed by atoms with Gasteiger partial charge in [-0.3, -0.25) is 4.21 Å². The molecule has 1 atom stereocenters. The van der Waals surface area contributed by atoms with Crippen LogP contribution in [0.2, 0.25) is 0 Å². The van der Waals surface area contributed by atoms with Crippen LogP contribution in [-0.2, 0) is 10.8 Å². The third kappa shape index (κ3) is 0.922. The van der Waals surface area contributed by atoms with Gasteiger partial charge >= 0.3 is 0 Å². The Bertz CT molecular complexity index is 313. The van der Waals surface area contributed by atoms with Crippen LogP contribution in [0.5, 0.6) is 0 Å². The average molecular weight is 165 g/mol. The summed E-state index contributed by atoms with van der Waals surface area (Å²) < 4.78 is 11.2. The van der Waals surface area contributed by atoms with Crippen molar-refractivity contribution in [2.75, 3.05) is 5.75 Å². The molecule has 0 aromatic heterocycles. The van der Waals surface area contributed by atoms with Crippen molar-refractivity contribution in [2.45, 2.75) is 4.90 Å². The van der Waals surface area contributed by atoms with E-state index in [0.29, 0.717) is 11.5 Å². The fourth-order valence-electron chi connectivity index (χ4n) is 1.20. The van der Waals surface area contributed by atoms with Gasteiger partial charge in [0, 0.05) is 10.5 Å². The van der Waals surface area contributed by atoms with Crippen LogP contribution in [0.3, 0.4) is 0 Å². The van der Waals surface area contributed by atoms with Crippen molar-refractivity contribution in [3.63, 3.8) is 0 Å². The molecule has 2 nitrogen and oxygen atoms in total. The molecule has 0 spiro atoms. The summed E-state index contributed by atoms with van der Waals surface area (Å²) in [4.78, 5) is 0.817. The van der Waals surface area contributed by atoms with E-state index in [1.807, 2.05) is 24.3 Å². The number of hydrogen-bond donors (Lipinski definition) is 1. The highest BCUT2D eigenvalue weighted by molar-refractivity contribution is 7.86. The summed E-state index contributed by atoms with van der Waals surface area (Å²) in [6.07, 6.45) is 0. The normalized spacial score (nSPS) is 21.8. The van der Waals surface area contributed by atoms with E-state index in [0.717, 1.165) is 10.5 Å². The van der Waals surface area contributed by atoms with Gasteiger partial charge in [-0.25, -0.2) is 0 Å². The monoisotopic (exact) mass is 165 g/mol. The Balaban J connectivity index is 2.69. The third-order valence-electron chi connectivity index (χ3n) is 1.73. The van der Waals surface area contributed by atoms with Crippen molar-refractivity contribution in [2.24, 2.45) is 0 Å². The van der Waals surface area contributed by atoms with Crippen molar-refractivity contribution < 1.29 is 4.21 Å². The van der Waals surface area contributed by atoms with E-state index in [4.69, 9.17) is 5.41 Å². The summed E-state index contributed by atoms with van der Waals surface area (Å²) in [5.41, 5.74) is 1.35. The smallest absolute Gasteiger partial charge is 0.0705 e. The zero-order valence-electron chi connectivity index (χ0n) is 5.83. The molecule has 0 fully saturated rings. The Morgan fingerprint density at radius 2 is 2.09 bits per heavy atom. The second-order valence-electron chi connectivity index (χ2n) is 2.46. The Morgan fingerprint density at radius 3 is 2.82 bits per heavy atom. The lowest BCUT2D eigenvalue weighted by Gasteiger charge is -1.92. The van der Waals surface area contributed by atoms with Gasteiger partial charge in [0.15, 0.2) is 0 Å². The first-order valence-corrected chi connectivity index (χ1v) is 4.66. The van der Waals surface area contributed by atoms with Crippen LogP contribution >= 0.6 is 0 Å². The van der Waals surface area contributed by atoms with Gasteiger partial charge < -0.3 is 5.41 Å². The Hall–Kier alpha value is -0.960. The first kappa shape index (κ1) is 6.73. The van der Waals surface area contributed by atoms with Gasteiger partial charge in [-0.1, -0.05) is 18.2 Å². The van der Waals surface area contributed by atoms with Crippen molar-refractivity contribution in [1.82, 2.24) is 0 Å². The molecule has 1 aromatic carbocycles. The molecule has 1 unspecified atom stereocenters. The van der Waals surface area contributed by atoms with E-state index in [1.165, 1.54) is 0 Å². The fraction of sp³-hybridized carbons (Fsp3) is 0.125. The highest BCUT2D eigenvalue weighted by Crippen LogP contribution is 2.21.